The molecule has 0 fully saturated rings. The third-order valence-corrected chi connectivity index (χ3v) is 4.68. The number of hydrogen-bond acceptors (Lipinski definition) is 7. The van der Waals surface area contributed by atoms with Crippen molar-refractivity contribution in [2.45, 2.75) is 12.6 Å². The molecule has 7 nitrogen and oxygen atoms in total. The molecule has 0 spiro atoms. The van der Waals surface area contributed by atoms with Gasteiger partial charge in [0.05, 0.1) is 30.8 Å². The predicted octanol–water partition coefficient (Wildman–Crippen LogP) is 1.59. The van der Waals surface area contributed by atoms with Crippen molar-refractivity contribution in [1.82, 2.24) is 24.6 Å². The first-order valence-electron chi connectivity index (χ1n) is 7.41. The maximum Gasteiger partial charge on any atom is 0.163 e. The average molecular weight is 332 g/mol. The summed E-state index contributed by atoms with van der Waals surface area (Å²) >= 11 is 1.75. The minimum absolute atomic E-state index is 0.0324. The third kappa shape index (κ3) is 3.34. The van der Waals surface area contributed by atoms with Crippen molar-refractivity contribution in [3.8, 4) is 0 Å². The molecule has 122 valence electrons. The Labute approximate surface area is 138 Å². The molecular formula is C15H20N6OS. The summed E-state index contributed by atoms with van der Waals surface area (Å²) in [5.74, 6) is 0.766. The summed E-state index contributed by atoms with van der Waals surface area (Å²) in [4.78, 5) is 12.1. The highest BCUT2D eigenvalue weighted by Crippen LogP contribution is 2.25. The van der Waals surface area contributed by atoms with E-state index in [1.807, 2.05) is 0 Å². The molecule has 0 aliphatic carbocycles. The van der Waals surface area contributed by atoms with E-state index in [1.165, 1.54) is 11.2 Å². The van der Waals surface area contributed by atoms with Crippen LogP contribution in [-0.2, 0) is 6.54 Å². The SMILES string of the molecule is CN(C)C(CNc1ncnc2c1cnn2CCO)c1cccs1. The van der Waals surface area contributed by atoms with Crippen molar-refractivity contribution in [3.05, 3.63) is 34.9 Å². The molecule has 0 amide bonds. The fourth-order valence-electron chi connectivity index (χ4n) is 2.50. The Hall–Kier alpha value is -2.03. The molecule has 0 aromatic carbocycles. The zero-order chi connectivity index (χ0) is 16.2. The Morgan fingerprint density at radius 3 is 2.96 bits per heavy atom. The van der Waals surface area contributed by atoms with Crippen LogP contribution in [0.25, 0.3) is 11.0 Å². The quantitative estimate of drug-likeness (QED) is 0.684. The first kappa shape index (κ1) is 15.9. The smallest absolute Gasteiger partial charge is 0.163 e. The average Bonchev–Trinajstić information content (AvgIpc) is 3.18. The van der Waals surface area contributed by atoms with Crippen LogP contribution in [0.3, 0.4) is 0 Å². The molecular weight excluding hydrogens is 312 g/mol. The lowest BCUT2D eigenvalue weighted by Gasteiger charge is -2.23. The highest BCUT2D eigenvalue weighted by atomic mass is 32.1. The first-order chi connectivity index (χ1) is 11.2. The van der Waals surface area contributed by atoms with E-state index in [1.54, 1.807) is 22.2 Å². The zero-order valence-electron chi connectivity index (χ0n) is 13.2. The number of nitrogens with one attached hydrogen (secondary N) is 1. The van der Waals surface area contributed by atoms with Crippen LogP contribution in [0.15, 0.2) is 30.0 Å². The Kier molecular flexibility index (Phi) is 4.85. The fraction of sp³-hybridized carbons (Fsp3) is 0.400. The van der Waals surface area contributed by atoms with Gasteiger partial charge >= 0.3 is 0 Å². The van der Waals surface area contributed by atoms with Gasteiger partial charge in [0.1, 0.15) is 12.1 Å². The number of likely N-dealkylation sites (N-methyl/N-ethyl adjacent to an activating group) is 1. The van der Waals surface area contributed by atoms with E-state index >= 15 is 0 Å². The molecule has 0 aliphatic heterocycles. The normalized spacial score (nSPS) is 12.9. The molecule has 3 aromatic rings. The van der Waals surface area contributed by atoms with Crippen LogP contribution in [0.4, 0.5) is 5.82 Å². The Morgan fingerprint density at radius 1 is 1.39 bits per heavy atom. The molecule has 0 radical (unpaired) electrons. The van der Waals surface area contributed by atoms with E-state index in [2.05, 4.69) is 56.9 Å². The number of thiophene rings is 1. The van der Waals surface area contributed by atoms with Crippen molar-refractivity contribution in [2.24, 2.45) is 0 Å². The van der Waals surface area contributed by atoms with Gasteiger partial charge in [0.25, 0.3) is 0 Å². The summed E-state index contributed by atoms with van der Waals surface area (Å²) in [6, 6.07) is 4.48. The summed E-state index contributed by atoms with van der Waals surface area (Å²) < 4.78 is 1.69. The Balaban J connectivity index is 1.81. The van der Waals surface area contributed by atoms with Gasteiger partial charge < -0.3 is 15.3 Å². The monoisotopic (exact) mass is 332 g/mol. The maximum absolute atomic E-state index is 9.09. The number of aliphatic hydroxyl groups is 1. The summed E-state index contributed by atoms with van der Waals surface area (Å²) in [5, 5.41) is 19.7. The van der Waals surface area contributed by atoms with Crippen molar-refractivity contribution in [2.75, 3.05) is 32.6 Å². The largest absolute Gasteiger partial charge is 0.394 e. The van der Waals surface area contributed by atoms with Gasteiger partial charge in [0.2, 0.25) is 0 Å². The van der Waals surface area contributed by atoms with Gasteiger partial charge in [-0.1, -0.05) is 6.07 Å². The molecule has 3 rings (SSSR count). The second kappa shape index (κ2) is 7.03. The van der Waals surface area contributed by atoms with Gasteiger partial charge in [0.15, 0.2) is 5.65 Å². The van der Waals surface area contributed by atoms with Gasteiger partial charge in [-0.3, -0.25) is 0 Å². The van der Waals surface area contributed by atoms with Crippen LogP contribution in [0.5, 0.6) is 0 Å². The second-order valence-corrected chi connectivity index (χ2v) is 6.41. The molecule has 3 aromatic heterocycles. The number of anilines is 1. The number of aliphatic hydroxyl groups excluding tert-OH is 1. The minimum atomic E-state index is 0.0324. The number of hydrogen-bond donors (Lipinski definition) is 2. The van der Waals surface area contributed by atoms with Crippen molar-refractivity contribution in [3.63, 3.8) is 0 Å². The van der Waals surface area contributed by atoms with Crippen LogP contribution >= 0.6 is 11.3 Å². The molecule has 0 aliphatic rings. The highest BCUT2D eigenvalue weighted by Gasteiger charge is 2.16. The second-order valence-electron chi connectivity index (χ2n) is 5.43. The first-order valence-corrected chi connectivity index (χ1v) is 8.29. The van der Waals surface area contributed by atoms with Crippen LogP contribution in [0, 0.1) is 0 Å². The molecule has 1 atom stereocenters. The summed E-state index contributed by atoms with van der Waals surface area (Å²) in [5.41, 5.74) is 0.731. The molecule has 1 unspecified atom stereocenters. The van der Waals surface area contributed by atoms with E-state index in [0.29, 0.717) is 6.54 Å². The zero-order valence-corrected chi connectivity index (χ0v) is 14.0. The molecule has 23 heavy (non-hydrogen) atoms. The van der Waals surface area contributed by atoms with Gasteiger partial charge in [0, 0.05) is 11.4 Å². The van der Waals surface area contributed by atoms with Gasteiger partial charge in [-0.25, -0.2) is 14.6 Å². The van der Waals surface area contributed by atoms with Crippen LogP contribution in [-0.4, -0.2) is 57.0 Å². The molecule has 8 heteroatoms. The Bertz CT molecular complexity index is 755. The van der Waals surface area contributed by atoms with Crippen LogP contribution in [0.2, 0.25) is 0 Å². The van der Waals surface area contributed by atoms with E-state index in [4.69, 9.17) is 5.11 Å². The van der Waals surface area contributed by atoms with Crippen LogP contribution in [0.1, 0.15) is 10.9 Å². The number of nitrogens with zero attached hydrogens (tertiary/aromatic N) is 5. The minimum Gasteiger partial charge on any atom is -0.394 e. The number of aromatic nitrogens is 4. The van der Waals surface area contributed by atoms with E-state index in [-0.39, 0.29) is 12.6 Å². The van der Waals surface area contributed by atoms with Crippen molar-refractivity contribution >= 4 is 28.2 Å². The van der Waals surface area contributed by atoms with Crippen LogP contribution < -0.4 is 5.32 Å². The Morgan fingerprint density at radius 2 is 2.26 bits per heavy atom. The maximum atomic E-state index is 9.09. The number of fused-ring (bicyclic) bond motifs is 1. The van der Waals surface area contributed by atoms with E-state index in [9.17, 15) is 0 Å². The summed E-state index contributed by atoms with van der Waals surface area (Å²) in [6.45, 7) is 1.20. The summed E-state index contributed by atoms with van der Waals surface area (Å²) in [7, 11) is 4.14. The van der Waals surface area contributed by atoms with Gasteiger partial charge in [-0.05, 0) is 25.5 Å². The van der Waals surface area contributed by atoms with Crippen molar-refractivity contribution in [1.29, 1.82) is 0 Å². The van der Waals surface area contributed by atoms with Crippen molar-refractivity contribution < 1.29 is 5.11 Å². The molecule has 3 heterocycles. The lowest BCUT2D eigenvalue weighted by Crippen LogP contribution is -2.26. The lowest BCUT2D eigenvalue weighted by molar-refractivity contribution is 0.271. The molecule has 0 saturated heterocycles. The molecule has 0 saturated carbocycles. The van der Waals surface area contributed by atoms with E-state index < -0.39 is 0 Å². The van der Waals surface area contributed by atoms with Gasteiger partial charge in [-0.2, -0.15) is 5.10 Å². The predicted molar refractivity (Wildman–Crippen MR) is 91.6 cm³/mol. The molecule has 0 bridgehead atoms. The standard InChI is InChI=1S/C15H20N6OS/c1-20(2)12(13-4-3-7-23-13)9-16-14-11-8-19-21(5-6-22)15(11)18-10-17-14/h3-4,7-8,10,12,22H,5-6,9H2,1-2H3,(H,16,17,18). The van der Waals surface area contributed by atoms with Gasteiger partial charge in [-0.15, -0.1) is 11.3 Å². The third-order valence-electron chi connectivity index (χ3n) is 3.70. The number of rotatable bonds is 7. The molecule has 2 N–H and O–H groups in total. The highest BCUT2D eigenvalue weighted by molar-refractivity contribution is 7.10. The topological polar surface area (TPSA) is 79.1 Å². The lowest BCUT2D eigenvalue weighted by atomic mass is 10.2. The fourth-order valence-corrected chi connectivity index (χ4v) is 3.43. The van der Waals surface area contributed by atoms with E-state index in [0.717, 1.165) is 23.4 Å². The summed E-state index contributed by atoms with van der Waals surface area (Å²) in [6.07, 6.45) is 3.26.